The van der Waals surface area contributed by atoms with Crippen molar-refractivity contribution in [1.82, 2.24) is 9.88 Å². The molecule has 2 saturated heterocycles. The van der Waals surface area contributed by atoms with Gasteiger partial charge in [0.2, 0.25) is 0 Å². The number of halogens is 4. The number of piperidine rings is 1. The molecule has 0 bridgehead atoms. The minimum Gasteiger partial charge on any atom is -0.490 e. The van der Waals surface area contributed by atoms with E-state index in [0.29, 0.717) is 25.3 Å². The molecule has 3 heterocycles. The van der Waals surface area contributed by atoms with Crippen LogP contribution in [0.5, 0.6) is 5.75 Å². The van der Waals surface area contributed by atoms with Crippen LogP contribution in [0.15, 0.2) is 42.6 Å². The second-order valence-electron chi connectivity index (χ2n) is 7.46. The van der Waals surface area contributed by atoms with Gasteiger partial charge in [-0.3, -0.25) is 14.5 Å². The molecule has 0 N–H and O–H groups in total. The van der Waals surface area contributed by atoms with Gasteiger partial charge in [-0.15, -0.1) is 13.2 Å². The Morgan fingerprint density at radius 3 is 2.74 bits per heavy atom. The second kappa shape index (κ2) is 8.64. The number of carbonyl (C=O) groups excluding carboxylic acids is 1. The van der Waals surface area contributed by atoms with Gasteiger partial charge in [-0.25, -0.2) is 0 Å². The zero-order valence-electron chi connectivity index (χ0n) is 16.4. The SMILES string of the molecule is O=C(c1ccc(OCCOC(F)(F)F)c(Cl)c1)N1CC[C@]2(c3ccccn3)CO[C@@H]2C1. The molecule has 1 aromatic carbocycles. The number of benzene rings is 1. The van der Waals surface area contributed by atoms with Gasteiger partial charge in [0.1, 0.15) is 12.4 Å². The van der Waals surface area contributed by atoms with Crippen molar-refractivity contribution in [3.63, 3.8) is 0 Å². The van der Waals surface area contributed by atoms with Crippen molar-refractivity contribution in [2.24, 2.45) is 0 Å². The van der Waals surface area contributed by atoms with Gasteiger partial charge in [-0.05, 0) is 36.8 Å². The van der Waals surface area contributed by atoms with Crippen molar-refractivity contribution < 1.29 is 32.2 Å². The standard InChI is InChI=1S/C21H20ClF3N2O4/c22-15-11-14(4-5-16(15)29-9-10-31-21(23,24)25)19(28)27-8-6-20(13-30-18(20)12-27)17-3-1-2-7-26-17/h1-5,7,11,18H,6,8-10,12-13H2/t18-,20-/m1/s1. The molecule has 10 heteroatoms. The molecule has 1 amide bonds. The summed E-state index contributed by atoms with van der Waals surface area (Å²) in [6.45, 7) is 0.605. The lowest BCUT2D eigenvalue weighted by Gasteiger charge is -2.54. The predicted octanol–water partition coefficient (Wildman–Crippen LogP) is 3.83. The third kappa shape index (κ3) is 4.63. The van der Waals surface area contributed by atoms with Crippen LogP contribution in [0.1, 0.15) is 22.5 Å². The summed E-state index contributed by atoms with van der Waals surface area (Å²) < 4.78 is 50.6. The van der Waals surface area contributed by atoms with E-state index in [1.807, 2.05) is 18.2 Å². The Hall–Kier alpha value is -2.36. The number of pyridine rings is 1. The number of hydrogen-bond acceptors (Lipinski definition) is 5. The molecule has 2 fully saturated rings. The molecule has 2 aromatic rings. The number of ether oxygens (including phenoxy) is 3. The number of fused-ring (bicyclic) bond motifs is 1. The summed E-state index contributed by atoms with van der Waals surface area (Å²) in [5.41, 5.74) is 1.19. The van der Waals surface area contributed by atoms with Crippen LogP contribution in [-0.4, -0.2) is 61.2 Å². The Bertz CT molecular complexity index is 944. The fourth-order valence-electron chi connectivity index (χ4n) is 3.94. The van der Waals surface area contributed by atoms with Crippen molar-refractivity contribution >= 4 is 17.5 Å². The van der Waals surface area contributed by atoms with Crippen LogP contribution >= 0.6 is 11.6 Å². The van der Waals surface area contributed by atoms with Crippen molar-refractivity contribution in [3.05, 3.63) is 58.9 Å². The lowest BCUT2D eigenvalue weighted by Crippen LogP contribution is -2.65. The van der Waals surface area contributed by atoms with Crippen molar-refractivity contribution in [3.8, 4) is 5.75 Å². The summed E-state index contributed by atoms with van der Waals surface area (Å²) in [4.78, 5) is 19.2. The Balaban J connectivity index is 1.36. The lowest BCUT2D eigenvalue weighted by atomic mass is 9.70. The van der Waals surface area contributed by atoms with Crippen molar-refractivity contribution in [1.29, 1.82) is 0 Å². The fourth-order valence-corrected chi connectivity index (χ4v) is 4.18. The van der Waals surface area contributed by atoms with E-state index in [4.69, 9.17) is 21.1 Å². The van der Waals surface area contributed by atoms with Gasteiger partial charge in [0.05, 0.1) is 35.4 Å². The number of alkyl halides is 3. The molecule has 1 aromatic heterocycles. The first-order valence-electron chi connectivity index (χ1n) is 9.74. The van der Waals surface area contributed by atoms with Crippen LogP contribution in [0.4, 0.5) is 13.2 Å². The van der Waals surface area contributed by atoms with Gasteiger partial charge in [0, 0.05) is 24.8 Å². The molecule has 0 unspecified atom stereocenters. The van der Waals surface area contributed by atoms with Gasteiger partial charge in [0.15, 0.2) is 0 Å². The van der Waals surface area contributed by atoms with Gasteiger partial charge >= 0.3 is 6.36 Å². The van der Waals surface area contributed by atoms with Gasteiger partial charge in [0.25, 0.3) is 5.91 Å². The maximum Gasteiger partial charge on any atom is 0.522 e. The smallest absolute Gasteiger partial charge is 0.490 e. The number of aromatic nitrogens is 1. The van der Waals surface area contributed by atoms with Crippen LogP contribution < -0.4 is 4.74 Å². The van der Waals surface area contributed by atoms with Crippen molar-refractivity contribution in [2.75, 3.05) is 32.9 Å². The Kier molecular flexibility index (Phi) is 6.09. The summed E-state index contributed by atoms with van der Waals surface area (Å²) in [5, 5.41) is 0.137. The van der Waals surface area contributed by atoms with E-state index in [9.17, 15) is 18.0 Å². The first-order valence-corrected chi connectivity index (χ1v) is 10.1. The van der Waals surface area contributed by atoms with Gasteiger partial charge in [-0.2, -0.15) is 0 Å². The number of nitrogens with zero attached hydrogens (tertiary/aromatic N) is 2. The van der Waals surface area contributed by atoms with E-state index in [0.717, 1.165) is 12.1 Å². The number of rotatable bonds is 6. The highest BCUT2D eigenvalue weighted by Crippen LogP contribution is 2.44. The summed E-state index contributed by atoms with van der Waals surface area (Å²) in [7, 11) is 0. The molecule has 2 aliphatic rings. The maximum absolute atomic E-state index is 13.0. The Morgan fingerprint density at radius 1 is 1.29 bits per heavy atom. The van der Waals surface area contributed by atoms with Crippen molar-refractivity contribution in [2.45, 2.75) is 24.3 Å². The van der Waals surface area contributed by atoms with Gasteiger partial charge < -0.3 is 14.4 Å². The lowest BCUT2D eigenvalue weighted by molar-refractivity contribution is -0.325. The topological polar surface area (TPSA) is 60.9 Å². The molecule has 0 saturated carbocycles. The van der Waals surface area contributed by atoms with E-state index in [-0.39, 0.29) is 34.8 Å². The number of likely N-dealkylation sites (tertiary alicyclic amines) is 1. The molecule has 4 rings (SSSR count). The third-order valence-corrected chi connectivity index (χ3v) is 5.92. The number of carbonyl (C=O) groups is 1. The van der Waals surface area contributed by atoms with E-state index in [2.05, 4.69) is 9.72 Å². The third-order valence-electron chi connectivity index (χ3n) is 5.62. The highest BCUT2D eigenvalue weighted by atomic mass is 35.5. The quantitative estimate of drug-likeness (QED) is 0.618. The Labute approximate surface area is 181 Å². The first kappa shape index (κ1) is 21.9. The molecule has 31 heavy (non-hydrogen) atoms. The minimum absolute atomic E-state index is 0.119. The molecule has 166 valence electrons. The average Bonchev–Trinajstić information content (AvgIpc) is 2.72. The largest absolute Gasteiger partial charge is 0.522 e. The van der Waals surface area contributed by atoms with E-state index in [1.54, 1.807) is 11.1 Å². The average molecular weight is 457 g/mol. The summed E-state index contributed by atoms with van der Waals surface area (Å²) in [6, 6.07) is 10.3. The zero-order valence-corrected chi connectivity index (χ0v) is 17.2. The Morgan fingerprint density at radius 2 is 2.13 bits per heavy atom. The fraction of sp³-hybridized carbons (Fsp3) is 0.429. The zero-order chi connectivity index (χ0) is 22.1. The number of hydrogen-bond donors (Lipinski definition) is 0. The molecule has 2 aliphatic heterocycles. The predicted molar refractivity (Wildman–Crippen MR) is 105 cm³/mol. The monoisotopic (exact) mass is 456 g/mol. The molecule has 0 spiro atoms. The first-order chi connectivity index (χ1) is 14.8. The summed E-state index contributed by atoms with van der Waals surface area (Å²) in [6.07, 6.45) is -2.32. The molecule has 0 radical (unpaired) electrons. The van der Waals surface area contributed by atoms with Crippen LogP contribution in [-0.2, 0) is 14.9 Å². The molecule has 2 atom stereocenters. The van der Waals surface area contributed by atoms with Crippen LogP contribution in [0.2, 0.25) is 5.02 Å². The number of amides is 1. The van der Waals surface area contributed by atoms with E-state index in [1.165, 1.54) is 18.2 Å². The summed E-state index contributed by atoms with van der Waals surface area (Å²) in [5.74, 6) is -0.0156. The van der Waals surface area contributed by atoms with Crippen LogP contribution in [0.3, 0.4) is 0 Å². The highest BCUT2D eigenvalue weighted by molar-refractivity contribution is 6.32. The normalized spacial score (nSPS) is 23.1. The minimum atomic E-state index is -4.71. The molecule has 6 nitrogen and oxygen atoms in total. The maximum atomic E-state index is 13.0. The summed E-state index contributed by atoms with van der Waals surface area (Å²) >= 11 is 6.15. The highest BCUT2D eigenvalue weighted by Gasteiger charge is 2.54. The van der Waals surface area contributed by atoms with Crippen LogP contribution in [0, 0.1) is 0 Å². The molecule has 0 aliphatic carbocycles. The molecular formula is C21H20ClF3N2O4. The van der Waals surface area contributed by atoms with E-state index >= 15 is 0 Å². The van der Waals surface area contributed by atoms with Crippen LogP contribution in [0.25, 0.3) is 0 Å². The second-order valence-corrected chi connectivity index (χ2v) is 7.87. The molecular weight excluding hydrogens is 437 g/mol. The van der Waals surface area contributed by atoms with E-state index < -0.39 is 13.0 Å². The van der Waals surface area contributed by atoms with Gasteiger partial charge in [-0.1, -0.05) is 17.7 Å².